The molecule has 0 saturated heterocycles. The van der Waals surface area contributed by atoms with Crippen molar-refractivity contribution in [2.45, 2.75) is 62.9 Å². The van der Waals surface area contributed by atoms with Crippen molar-refractivity contribution in [2.75, 3.05) is 5.32 Å². The molecule has 29 heavy (non-hydrogen) atoms. The summed E-state index contributed by atoms with van der Waals surface area (Å²) in [7, 11) is -4.13. The van der Waals surface area contributed by atoms with Gasteiger partial charge in [-0.2, -0.15) is 5.10 Å². The number of nitrogens with zero attached hydrogens (tertiary/aromatic N) is 2. The predicted octanol–water partition coefficient (Wildman–Crippen LogP) is 1.22. The van der Waals surface area contributed by atoms with Gasteiger partial charge < -0.3 is 15.2 Å². The highest BCUT2D eigenvalue weighted by Gasteiger charge is 2.30. The number of anilines is 1. The fourth-order valence-electron chi connectivity index (χ4n) is 4.58. The van der Waals surface area contributed by atoms with E-state index in [1.165, 1.54) is 22.0 Å². The van der Waals surface area contributed by atoms with Gasteiger partial charge in [-0.1, -0.05) is 6.07 Å². The number of hydrogen-bond acceptors (Lipinski definition) is 6. The zero-order valence-electron chi connectivity index (χ0n) is 15.8. The highest BCUT2D eigenvalue weighted by atomic mass is 32.2. The molecule has 1 aromatic heterocycles. The number of hydrogen-bond donors (Lipinski definition) is 3. The lowest BCUT2D eigenvalue weighted by Crippen LogP contribution is -2.36. The number of benzene rings is 1. The first kappa shape index (κ1) is 18.6. The number of aliphatic hydroxyl groups excluding tert-OH is 1. The molecular formula is C19H22N4O5S. The van der Waals surface area contributed by atoms with E-state index < -0.39 is 22.3 Å². The third-order valence-corrected chi connectivity index (χ3v) is 7.25. The summed E-state index contributed by atoms with van der Waals surface area (Å²) in [6.07, 6.45) is 5.99. The van der Waals surface area contributed by atoms with Gasteiger partial charge in [0.1, 0.15) is 4.90 Å². The van der Waals surface area contributed by atoms with E-state index in [-0.39, 0.29) is 18.0 Å². The van der Waals surface area contributed by atoms with Gasteiger partial charge in [-0.15, -0.1) is 0 Å². The molecule has 5 rings (SSSR count). The molecule has 2 aliphatic carbocycles. The van der Waals surface area contributed by atoms with Gasteiger partial charge in [-0.25, -0.2) is 17.9 Å². The highest BCUT2D eigenvalue weighted by molar-refractivity contribution is 7.90. The van der Waals surface area contributed by atoms with Gasteiger partial charge in [0.05, 0.1) is 25.0 Å². The van der Waals surface area contributed by atoms with E-state index in [0.717, 1.165) is 55.3 Å². The van der Waals surface area contributed by atoms with Crippen molar-refractivity contribution in [1.29, 1.82) is 0 Å². The topological polar surface area (TPSA) is 123 Å². The van der Waals surface area contributed by atoms with Crippen LogP contribution in [0.1, 0.15) is 40.8 Å². The van der Waals surface area contributed by atoms with Crippen LogP contribution < -0.4 is 10.0 Å². The van der Waals surface area contributed by atoms with Crippen LogP contribution in [0.25, 0.3) is 0 Å². The number of amides is 2. The number of rotatable bonds is 3. The van der Waals surface area contributed by atoms with Crippen molar-refractivity contribution < 1.29 is 23.1 Å². The van der Waals surface area contributed by atoms with Crippen LogP contribution in [0.3, 0.4) is 0 Å². The third kappa shape index (κ3) is 3.21. The summed E-state index contributed by atoms with van der Waals surface area (Å²) in [5.74, 6) is 0. The molecule has 0 saturated carbocycles. The van der Waals surface area contributed by atoms with Crippen LogP contribution in [-0.2, 0) is 53.6 Å². The molecule has 3 N–H and O–H groups in total. The molecule has 1 atom stereocenters. The van der Waals surface area contributed by atoms with Gasteiger partial charge >= 0.3 is 6.03 Å². The SMILES string of the molecule is O=C(Nc1c2c(cc3c1CCC3)CCC2)NS(=O)(=O)c1cnn2c1CO[C@H](O)C2. The molecule has 1 aromatic carbocycles. The summed E-state index contributed by atoms with van der Waals surface area (Å²) < 4.78 is 34.1. The first-order valence-corrected chi connectivity index (χ1v) is 11.3. The van der Waals surface area contributed by atoms with Crippen LogP contribution >= 0.6 is 0 Å². The average molecular weight is 418 g/mol. The lowest BCUT2D eigenvalue weighted by atomic mass is 9.99. The van der Waals surface area contributed by atoms with Crippen LogP contribution in [0.15, 0.2) is 17.2 Å². The van der Waals surface area contributed by atoms with Gasteiger partial charge in [0.15, 0.2) is 6.29 Å². The number of carbonyl (C=O) groups is 1. The molecule has 3 aliphatic rings. The van der Waals surface area contributed by atoms with Crippen molar-refractivity contribution in [1.82, 2.24) is 14.5 Å². The van der Waals surface area contributed by atoms with E-state index in [1.54, 1.807) is 0 Å². The fraction of sp³-hybridized carbons (Fsp3) is 0.474. The molecule has 0 spiro atoms. The number of carbonyl (C=O) groups excluding carboxylic acids is 1. The molecule has 2 aromatic rings. The molecule has 0 radical (unpaired) electrons. The molecule has 10 heteroatoms. The van der Waals surface area contributed by atoms with Gasteiger partial charge in [0, 0.05) is 5.69 Å². The van der Waals surface area contributed by atoms with Crippen molar-refractivity contribution in [3.63, 3.8) is 0 Å². The Bertz CT molecular complexity index is 1080. The van der Waals surface area contributed by atoms with E-state index >= 15 is 0 Å². The van der Waals surface area contributed by atoms with Gasteiger partial charge in [-0.05, 0) is 60.8 Å². The summed E-state index contributed by atoms with van der Waals surface area (Å²) in [6.45, 7) is -0.0575. The number of nitrogens with one attached hydrogen (secondary N) is 2. The summed E-state index contributed by atoms with van der Waals surface area (Å²) >= 11 is 0. The molecule has 2 amide bonds. The van der Waals surface area contributed by atoms with Crippen LogP contribution in [-0.4, -0.2) is 35.6 Å². The minimum atomic E-state index is -4.13. The van der Waals surface area contributed by atoms with Crippen LogP contribution in [0, 0.1) is 0 Å². The predicted molar refractivity (Wildman–Crippen MR) is 103 cm³/mol. The molecule has 2 heterocycles. The molecular weight excluding hydrogens is 396 g/mol. The smallest absolute Gasteiger partial charge is 0.333 e. The lowest BCUT2D eigenvalue weighted by molar-refractivity contribution is -0.135. The zero-order chi connectivity index (χ0) is 20.2. The van der Waals surface area contributed by atoms with Gasteiger partial charge in [0.2, 0.25) is 0 Å². The summed E-state index contributed by atoms with van der Waals surface area (Å²) in [5.41, 5.74) is 5.85. The molecule has 9 nitrogen and oxygen atoms in total. The number of sulfonamides is 1. The van der Waals surface area contributed by atoms with Crippen LogP contribution in [0.4, 0.5) is 10.5 Å². The molecule has 0 unspecified atom stereocenters. The van der Waals surface area contributed by atoms with Gasteiger partial charge in [-0.3, -0.25) is 4.68 Å². The molecule has 0 fully saturated rings. The summed E-state index contributed by atoms with van der Waals surface area (Å²) in [5, 5.41) is 16.3. The molecule has 0 bridgehead atoms. The second-order valence-corrected chi connectivity index (χ2v) is 9.35. The van der Waals surface area contributed by atoms with Crippen molar-refractivity contribution in [2.24, 2.45) is 0 Å². The third-order valence-electron chi connectivity index (χ3n) is 5.88. The second kappa shape index (κ2) is 6.82. The Balaban J connectivity index is 1.40. The number of aliphatic hydroxyl groups is 1. The maximum absolute atomic E-state index is 12.8. The maximum Gasteiger partial charge on any atom is 0.333 e. The Hall–Kier alpha value is -2.43. The standard InChI is InChI=1S/C19H22N4O5S/c24-17-9-23-15(10-28-17)16(8-20-23)29(26,27)22-19(25)21-18-13-5-1-3-11(13)7-12-4-2-6-14(12)18/h7-8,17,24H,1-6,9-10H2,(H2,21,22,25)/t17-/m0/s1. The maximum atomic E-state index is 12.8. The van der Waals surface area contributed by atoms with Crippen LogP contribution in [0.2, 0.25) is 0 Å². The van der Waals surface area contributed by atoms with Crippen molar-refractivity contribution in [3.8, 4) is 0 Å². The first-order chi connectivity index (χ1) is 13.9. The Kier molecular flexibility index (Phi) is 4.37. The average Bonchev–Trinajstić information content (AvgIpc) is 3.39. The van der Waals surface area contributed by atoms with E-state index in [2.05, 4.69) is 21.2 Å². The number of urea groups is 1. The van der Waals surface area contributed by atoms with Crippen molar-refractivity contribution >= 4 is 21.7 Å². The van der Waals surface area contributed by atoms with E-state index in [0.29, 0.717) is 5.69 Å². The van der Waals surface area contributed by atoms with Crippen LogP contribution in [0.5, 0.6) is 0 Å². The minimum Gasteiger partial charge on any atom is -0.366 e. The zero-order valence-corrected chi connectivity index (χ0v) is 16.6. The van der Waals surface area contributed by atoms with E-state index in [4.69, 9.17) is 4.74 Å². The first-order valence-electron chi connectivity index (χ1n) is 9.77. The Labute approximate surface area is 168 Å². The van der Waals surface area contributed by atoms with Crippen molar-refractivity contribution in [3.05, 3.63) is 40.2 Å². The molecule has 154 valence electrons. The Morgan fingerprint density at radius 1 is 1.17 bits per heavy atom. The minimum absolute atomic E-state index is 0.0410. The largest absolute Gasteiger partial charge is 0.366 e. The number of aromatic nitrogens is 2. The lowest BCUT2D eigenvalue weighted by Gasteiger charge is -2.20. The highest BCUT2D eigenvalue weighted by Crippen LogP contribution is 2.38. The number of ether oxygens (including phenoxy) is 1. The Morgan fingerprint density at radius 2 is 1.86 bits per heavy atom. The monoisotopic (exact) mass is 418 g/mol. The Morgan fingerprint density at radius 3 is 2.55 bits per heavy atom. The second-order valence-electron chi connectivity index (χ2n) is 7.70. The summed E-state index contributed by atoms with van der Waals surface area (Å²) in [4.78, 5) is 12.5. The molecule has 1 aliphatic heterocycles. The number of aryl methyl sites for hydroxylation is 2. The normalized spacial score (nSPS) is 20.1. The van der Waals surface area contributed by atoms with Gasteiger partial charge in [0.25, 0.3) is 10.0 Å². The fourth-order valence-corrected chi connectivity index (χ4v) is 5.65. The van der Waals surface area contributed by atoms with E-state index in [1.807, 2.05) is 0 Å². The quantitative estimate of drug-likeness (QED) is 0.689. The van der Waals surface area contributed by atoms with E-state index in [9.17, 15) is 18.3 Å². The summed E-state index contributed by atoms with van der Waals surface area (Å²) in [6, 6.07) is 1.47. The number of fused-ring (bicyclic) bond motifs is 3.